The van der Waals surface area contributed by atoms with Crippen LogP contribution in [0.4, 0.5) is 0 Å². The minimum absolute atomic E-state index is 0.895. The molecular formula is C25H25N. The number of rotatable bonds is 3. The van der Waals surface area contributed by atoms with Crippen molar-refractivity contribution in [3.05, 3.63) is 83.4 Å². The highest BCUT2D eigenvalue weighted by Crippen LogP contribution is 2.20. The normalized spacial score (nSPS) is 14.8. The molecule has 1 fully saturated rings. The summed E-state index contributed by atoms with van der Waals surface area (Å²) in [5.41, 5.74) is 3.82. The molecule has 0 amide bonds. The van der Waals surface area contributed by atoms with E-state index in [0.29, 0.717) is 0 Å². The van der Waals surface area contributed by atoms with Crippen molar-refractivity contribution in [3.8, 4) is 11.8 Å². The first kappa shape index (κ1) is 16.9. The fourth-order valence-electron chi connectivity index (χ4n) is 3.69. The molecule has 3 aromatic carbocycles. The van der Waals surface area contributed by atoms with Gasteiger partial charge in [-0.25, -0.2) is 0 Å². The van der Waals surface area contributed by atoms with Gasteiger partial charge in [-0.2, -0.15) is 0 Å². The van der Waals surface area contributed by atoms with Crippen molar-refractivity contribution < 1.29 is 0 Å². The summed E-state index contributed by atoms with van der Waals surface area (Å²) >= 11 is 0. The summed E-state index contributed by atoms with van der Waals surface area (Å²) in [7, 11) is 0. The smallest absolute Gasteiger partial charge is 0.0605 e. The molecule has 26 heavy (non-hydrogen) atoms. The van der Waals surface area contributed by atoms with Crippen LogP contribution in [-0.2, 0) is 6.42 Å². The van der Waals surface area contributed by atoms with E-state index in [0.717, 1.165) is 18.5 Å². The van der Waals surface area contributed by atoms with Crippen LogP contribution in [-0.4, -0.2) is 24.5 Å². The predicted molar refractivity (Wildman–Crippen MR) is 110 cm³/mol. The lowest BCUT2D eigenvalue weighted by Gasteiger charge is -2.23. The molecule has 0 saturated carbocycles. The van der Waals surface area contributed by atoms with Crippen LogP contribution < -0.4 is 0 Å². The number of piperidine rings is 1. The van der Waals surface area contributed by atoms with Crippen molar-refractivity contribution in [2.24, 2.45) is 0 Å². The van der Waals surface area contributed by atoms with Crippen molar-refractivity contribution in [2.75, 3.05) is 19.6 Å². The Hall–Kier alpha value is -2.56. The number of benzene rings is 3. The van der Waals surface area contributed by atoms with Crippen LogP contribution in [0.15, 0.2) is 66.7 Å². The van der Waals surface area contributed by atoms with E-state index in [4.69, 9.17) is 0 Å². The van der Waals surface area contributed by atoms with Crippen LogP contribution in [0.2, 0.25) is 0 Å². The summed E-state index contributed by atoms with van der Waals surface area (Å²) in [4.78, 5) is 2.47. The second-order valence-electron chi connectivity index (χ2n) is 7.20. The minimum atomic E-state index is 0.895. The number of nitrogens with zero attached hydrogens (tertiary/aromatic N) is 1. The maximum Gasteiger partial charge on any atom is 0.0605 e. The molecule has 4 rings (SSSR count). The summed E-state index contributed by atoms with van der Waals surface area (Å²) in [5, 5.41) is 2.56. The Labute approximate surface area is 156 Å². The Bertz CT molecular complexity index is 925. The van der Waals surface area contributed by atoms with Crippen LogP contribution in [0, 0.1) is 11.8 Å². The lowest BCUT2D eigenvalue weighted by atomic mass is 10.00. The van der Waals surface area contributed by atoms with E-state index in [-0.39, 0.29) is 0 Å². The summed E-state index contributed by atoms with van der Waals surface area (Å²) in [6, 6.07) is 24.0. The number of fused-ring (bicyclic) bond motifs is 1. The number of likely N-dealkylation sites (tertiary alicyclic amines) is 1. The summed E-state index contributed by atoms with van der Waals surface area (Å²) in [6.07, 6.45) is 4.99. The van der Waals surface area contributed by atoms with Gasteiger partial charge < -0.3 is 0 Å². The highest BCUT2D eigenvalue weighted by molar-refractivity contribution is 5.84. The maximum atomic E-state index is 3.37. The zero-order valence-electron chi connectivity index (χ0n) is 15.2. The molecule has 0 aromatic heterocycles. The Balaban J connectivity index is 1.50. The van der Waals surface area contributed by atoms with Gasteiger partial charge >= 0.3 is 0 Å². The highest BCUT2D eigenvalue weighted by Gasteiger charge is 2.07. The molecule has 3 aromatic rings. The first-order valence-electron chi connectivity index (χ1n) is 9.65. The second kappa shape index (κ2) is 8.21. The van der Waals surface area contributed by atoms with Crippen LogP contribution >= 0.6 is 0 Å². The summed E-state index contributed by atoms with van der Waals surface area (Å²) < 4.78 is 0. The maximum absolute atomic E-state index is 3.37. The average Bonchev–Trinajstić information content (AvgIpc) is 2.69. The van der Waals surface area contributed by atoms with Crippen molar-refractivity contribution in [2.45, 2.75) is 25.7 Å². The van der Waals surface area contributed by atoms with Crippen molar-refractivity contribution in [1.29, 1.82) is 0 Å². The van der Waals surface area contributed by atoms with Gasteiger partial charge in [0, 0.05) is 5.56 Å². The third-order valence-corrected chi connectivity index (χ3v) is 5.14. The van der Waals surface area contributed by atoms with Crippen LogP contribution in [0.1, 0.15) is 36.0 Å². The average molecular weight is 339 g/mol. The zero-order valence-corrected chi connectivity index (χ0v) is 15.2. The summed E-state index contributed by atoms with van der Waals surface area (Å²) in [6.45, 7) is 3.30. The number of hydrogen-bond acceptors (Lipinski definition) is 1. The van der Waals surface area contributed by atoms with Crippen molar-refractivity contribution >= 4 is 10.8 Å². The molecule has 0 spiro atoms. The Morgan fingerprint density at radius 3 is 2.38 bits per heavy atom. The fraction of sp³-hybridized carbons (Fsp3) is 0.280. The lowest BCUT2D eigenvalue weighted by Crippen LogP contribution is -2.29. The molecule has 0 radical (unpaired) electrons. The molecule has 0 bridgehead atoms. The van der Waals surface area contributed by atoms with Crippen LogP contribution in [0.5, 0.6) is 0 Å². The first-order chi connectivity index (χ1) is 12.9. The predicted octanol–water partition coefficient (Wildman–Crippen LogP) is 5.27. The molecule has 1 heteroatoms. The third-order valence-electron chi connectivity index (χ3n) is 5.14. The molecule has 0 unspecified atom stereocenters. The molecular weight excluding hydrogens is 314 g/mol. The van der Waals surface area contributed by atoms with Crippen LogP contribution in [0.25, 0.3) is 10.8 Å². The van der Waals surface area contributed by atoms with Gasteiger partial charge in [-0.3, -0.25) is 4.90 Å². The SMILES string of the molecule is C(#Cc1ccc2ccc(Cc3ccccc3)cc2c1)CN1CCCCC1. The topological polar surface area (TPSA) is 3.24 Å². The largest absolute Gasteiger partial charge is 0.292 e. The number of hydrogen-bond donors (Lipinski definition) is 0. The van der Waals surface area contributed by atoms with Gasteiger partial charge in [0.05, 0.1) is 6.54 Å². The lowest BCUT2D eigenvalue weighted by molar-refractivity contribution is 0.255. The second-order valence-corrected chi connectivity index (χ2v) is 7.20. The van der Waals surface area contributed by atoms with Crippen LogP contribution in [0.3, 0.4) is 0 Å². The Morgan fingerprint density at radius 1 is 0.731 bits per heavy atom. The van der Waals surface area contributed by atoms with Crippen molar-refractivity contribution in [3.63, 3.8) is 0 Å². The van der Waals surface area contributed by atoms with E-state index in [1.807, 2.05) is 0 Å². The molecule has 0 aliphatic carbocycles. The van der Waals surface area contributed by atoms with Gasteiger partial charge in [0.15, 0.2) is 0 Å². The van der Waals surface area contributed by atoms with E-state index < -0.39 is 0 Å². The molecule has 1 heterocycles. The molecule has 1 aliphatic rings. The van der Waals surface area contributed by atoms with E-state index >= 15 is 0 Å². The van der Waals surface area contributed by atoms with E-state index in [1.54, 1.807) is 0 Å². The molecule has 1 nitrogen and oxygen atoms in total. The third kappa shape index (κ3) is 4.34. The van der Waals surface area contributed by atoms with Gasteiger partial charge in [-0.05, 0) is 66.4 Å². The molecule has 0 atom stereocenters. The van der Waals surface area contributed by atoms with Gasteiger partial charge in [0.2, 0.25) is 0 Å². The zero-order chi connectivity index (χ0) is 17.6. The standard InChI is InChI=1S/C25H25N/c1-3-8-21(9-4-1)18-23-12-14-24-13-11-22(19-25(24)20-23)10-7-17-26-15-5-2-6-16-26/h1,3-4,8-9,11-14,19-20H,2,5-6,15-18H2. The molecule has 1 saturated heterocycles. The van der Waals surface area contributed by atoms with E-state index in [2.05, 4.69) is 83.5 Å². The monoisotopic (exact) mass is 339 g/mol. The highest BCUT2D eigenvalue weighted by atomic mass is 15.1. The molecule has 0 N–H and O–H groups in total. The first-order valence-corrected chi connectivity index (χ1v) is 9.65. The molecule has 1 aliphatic heterocycles. The Kier molecular flexibility index (Phi) is 5.33. The van der Waals surface area contributed by atoms with Gasteiger partial charge in [0.25, 0.3) is 0 Å². The summed E-state index contributed by atoms with van der Waals surface area (Å²) in [5.74, 6) is 6.73. The van der Waals surface area contributed by atoms with Gasteiger partial charge in [0.1, 0.15) is 0 Å². The quantitative estimate of drug-likeness (QED) is 0.588. The fourth-order valence-corrected chi connectivity index (χ4v) is 3.69. The van der Waals surface area contributed by atoms with Gasteiger partial charge in [-0.15, -0.1) is 0 Å². The van der Waals surface area contributed by atoms with Gasteiger partial charge in [-0.1, -0.05) is 72.9 Å². The van der Waals surface area contributed by atoms with E-state index in [9.17, 15) is 0 Å². The Morgan fingerprint density at radius 2 is 1.54 bits per heavy atom. The van der Waals surface area contributed by atoms with Crippen molar-refractivity contribution in [1.82, 2.24) is 4.90 Å². The molecule has 130 valence electrons. The minimum Gasteiger partial charge on any atom is -0.292 e. The van der Waals surface area contributed by atoms with E-state index in [1.165, 1.54) is 54.3 Å².